The van der Waals surface area contributed by atoms with Crippen LogP contribution in [-0.2, 0) is 4.74 Å². The number of hydrogen-bond donors (Lipinski definition) is 1. The van der Waals surface area contributed by atoms with Crippen LogP contribution in [0.3, 0.4) is 0 Å². The molecule has 2 aliphatic rings. The Kier molecular flexibility index (Phi) is 4.62. The summed E-state index contributed by atoms with van der Waals surface area (Å²) in [5.74, 6) is 0.674. The average molecular weight is 227 g/mol. The standard InChI is InChI=1S/C13H25NO2/c1-16-10-11-5-4-8-14(9-11)12-6-2-3-7-13(12)15/h11-13,15H,2-10H2,1H3/t11?,12-,13-/m0/s1. The first-order chi connectivity index (χ1) is 7.81. The smallest absolute Gasteiger partial charge is 0.0695 e. The predicted octanol–water partition coefficient (Wildman–Crippen LogP) is 1.65. The molecule has 3 atom stereocenters. The third-order valence-electron chi connectivity index (χ3n) is 4.12. The maximum Gasteiger partial charge on any atom is 0.0695 e. The van der Waals surface area contributed by atoms with E-state index in [2.05, 4.69) is 4.90 Å². The van der Waals surface area contributed by atoms with Gasteiger partial charge in [-0.15, -0.1) is 0 Å². The van der Waals surface area contributed by atoms with Crippen molar-refractivity contribution in [3.63, 3.8) is 0 Å². The van der Waals surface area contributed by atoms with Gasteiger partial charge in [-0.2, -0.15) is 0 Å². The van der Waals surface area contributed by atoms with Crippen molar-refractivity contribution in [3.05, 3.63) is 0 Å². The van der Waals surface area contributed by atoms with Gasteiger partial charge in [0.1, 0.15) is 0 Å². The molecule has 0 aromatic rings. The summed E-state index contributed by atoms with van der Waals surface area (Å²) in [6.07, 6.45) is 7.12. The predicted molar refractivity (Wildman–Crippen MR) is 64.4 cm³/mol. The molecule has 3 nitrogen and oxygen atoms in total. The molecule has 2 fully saturated rings. The second kappa shape index (κ2) is 5.99. The molecule has 1 heterocycles. The Bertz CT molecular complexity index is 208. The molecule has 16 heavy (non-hydrogen) atoms. The maximum absolute atomic E-state index is 10.1. The molecule has 0 aromatic carbocycles. The molecule has 3 heteroatoms. The topological polar surface area (TPSA) is 32.7 Å². The summed E-state index contributed by atoms with van der Waals surface area (Å²) >= 11 is 0. The molecule has 1 N–H and O–H groups in total. The monoisotopic (exact) mass is 227 g/mol. The minimum absolute atomic E-state index is 0.0879. The lowest BCUT2D eigenvalue weighted by atomic mass is 9.88. The van der Waals surface area contributed by atoms with E-state index in [-0.39, 0.29) is 6.10 Å². The summed E-state index contributed by atoms with van der Waals surface area (Å²) in [6, 6.07) is 0.424. The second-order valence-corrected chi connectivity index (χ2v) is 5.38. The molecular weight excluding hydrogens is 202 g/mol. The van der Waals surface area contributed by atoms with Crippen LogP contribution >= 0.6 is 0 Å². The Hall–Kier alpha value is -0.120. The Balaban J connectivity index is 1.87. The molecule has 0 radical (unpaired) electrons. The first-order valence-corrected chi connectivity index (χ1v) is 6.72. The SMILES string of the molecule is COCC1CCCN([C@H]2CCCC[C@@H]2O)C1. The summed E-state index contributed by atoms with van der Waals surface area (Å²) < 4.78 is 5.25. The van der Waals surface area contributed by atoms with Gasteiger partial charge in [-0.05, 0) is 38.1 Å². The number of likely N-dealkylation sites (tertiary alicyclic amines) is 1. The van der Waals surface area contributed by atoms with Gasteiger partial charge in [0.2, 0.25) is 0 Å². The van der Waals surface area contributed by atoms with Crippen LogP contribution < -0.4 is 0 Å². The fraction of sp³-hybridized carbons (Fsp3) is 1.00. The van der Waals surface area contributed by atoms with Crippen molar-refractivity contribution in [3.8, 4) is 0 Å². The van der Waals surface area contributed by atoms with E-state index in [1.807, 2.05) is 0 Å². The van der Waals surface area contributed by atoms with Gasteiger partial charge in [0.05, 0.1) is 12.7 Å². The zero-order chi connectivity index (χ0) is 11.4. The molecule has 0 spiro atoms. The third-order valence-corrected chi connectivity index (χ3v) is 4.12. The third kappa shape index (κ3) is 2.96. The number of nitrogens with zero attached hydrogens (tertiary/aromatic N) is 1. The number of ether oxygens (including phenoxy) is 1. The van der Waals surface area contributed by atoms with Gasteiger partial charge in [0.25, 0.3) is 0 Å². The first-order valence-electron chi connectivity index (χ1n) is 6.72. The van der Waals surface area contributed by atoms with E-state index >= 15 is 0 Å². The Morgan fingerprint density at radius 2 is 2.00 bits per heavy atom. The van der Waals surface area contributed by atoms with Gasteiger partial charge < -0.3 is 9.84 Å². The van der Waals surface area contributed by atoms with E-state index in [1.165, 1.54) is 38.6 Å². The number of piperidine rings is 1. The minimum Gasteiger partial charge on any atom is -0.391 e. The molecular formula is C13H25NO2. The summed E-state index contributed by atoms with van der Waals surface area (Å²) in [7, 11) is 1.79. The zero-order valence-corrected chi connectivity index (χ0v) is 10.4. The lowest BCUT2D eigenvalue weighted by Gasteiger charge is -2.42. The van der Waals surface area contributed by atoms with Crippen LogP contribution in [0.2, 0.25) is 0 Å². The lowest BCUT2D eigenvalue weighted by molar-refractivity contribution is -0.00989. The first kappa shape index (κ1) is 12.3. The molecule has 94 valence electrons. The number of methoxy groups -OCH3 is 1. The van der Waals surface area contributed by atoms with Gasteiger partial charge in [-0.3, -0.25) is 4.90 Å². The van der Waals surface area contributed by atoms with Crippen molar-refractivity contribution in [1.29, 1.82) is 0 Å². The summed E-state index contributed by atoms with van der Waals surface area (Å²) in [6.45, 7) is 3.16. The quantitative estimate of drug-likeness (QED) is 0.795. The van der Waals surface area contributed by atoms with E-state index in [0.29, 0.717) is 12.0 Å². The molecule has 2 rings (SSSR count). The second-order valence-electron chi connectivity index (χ2n) is 5.38. The molecule has 1 aliphatic carbocycles. The van der Waals surface area contributed by atoms with Gasteiger partial charge >= 0.3 is 0 Å². The highest BCUT2D eigenvalue weighted by molar-refractivity contribution is 4.86. The van der Waals surface area contributed by atoms with Crippen LogP contribution in [0.15, 0.2) is 0 Å². The van der Waals surface area contributed by atoms with Crippen molar-refractivity contribution in [2.24, 2.45) is 5.92 Å². The minimum atomic E-state index is -0.0879. The van der Waals surface area contributed by atoms with E-state index in [4.69, 9.17) is 4.74 Å². The van der Waals surface area contributed by atoms with E-state index in [9.17, 15) is 5.11 Å². The normalized spacial score (nSPS) is 37.5. The molecule has 1 saturated heterocycles. The maximum atomic E-state index is 10.1. The van der Waals surface area contributed by atoms with Gasteiger partial charge in [0.15, 0.2) is 0 Å². The summed E-state index contributed by atoms with van der Waals surface area (Å²) in [4.78, 5) is 2.51. The molecule has 1 saturated carbocycles. The molecule has 0 amide bonds. The fourth-order valence-corrected chi connectivity index (χ4v) is 3.29. The van der Waals surface area contributed by atoms with Crippen LogP contribution in [-0.4, -0.2) is 49.0 Å². The molecule has 1 aliphatic heterocycles. The van der Waals surface area contributed by atoms with Gasteiger partial charge in [0, 0.05) is 19.7 Å². The highest BCUT2D eigenvalue weighted by Crippen LogP contribution is 2.27. The van der Waals surface area contributed by atoms with Crippen LogP contribution in [0.5, 0.6) is 0 Å². The van der Waals surface area contributed by atoms with Crippen molar-refractivity contribution >= 4 is 0 Å². The summed E-state index contributed by atoms with van der Waals surface area (Å²) in [5, 5.41) is 10.1. The highest BCUT2D eigenvalue weighted by atomic mass is 16.5. The van der Waals surface area contributed by atoms with Crippen molar-refractivity contribution < 1.29 is 9.84 Å². The van der Waals surface area contributed by atoms with Gasteiger partial charge in [-0.25, -0.2) is 0 Å². The molecule has 0 aromatic heterocycles. The Labute approximate surface area is 98.8 Å². The Morgan fingerprint density at radius 3 is 2.75 bits per heavy atom. The molecule has 1 unspecified atom stereocenters. The van der Waals surface area contributed by atoms with Gasteiger partial charge in [-0.1, -0.05) is 12.8 Å². The van der Waals surface area contributed by atoms with Crippen molar-refractivity contribution in [1.82, 2.24) is 4.90 Å². The van der Waals surface area contributed by atoms with E-state index in [1.54, 1.807) is 7.11 Å². The van der Waals surface area contributed by atoms with Crippen LogP contribution in [0.25, 0.3) is 0 Å². The number of aliphatic hydroxyl groups excluding tert-OH is 1. The highest BCUT2D eigenvalue weighted by Gasteiger charge is 2.31. The Morgan fingerprint density at radius 1 is 1.19 bits per heavy atom. The van der Waals surface area contributed by atoms with Crippen LogP contribution in [0.1, 0.15) is 38.5 Å². The van der Waals surface area contributed by atoms with E-state index in [0.717, 1.165) is 19.6 Å². The number of rotatable bonds is 3. The zero-order valence-electron chi connectivity index (χ0n) is 10.4. The molecule has 0 bridgehead atoms. The van der Waals surface area contributed by atoms with Crippen molar-refractivity contribution in [2.45, 2.75) is 50.7 Å². The largest absolute Gasteiger partial charge is 0.391 e. The van der Waals surface area contributed by atoms with Crippen molar-refractivity contribution in [2.75, 3.05) is 26.8 Å². The summed E-state index contributed by atoms with van der Waals surface area (Å²) in [5.41, 5.74) is 0. The number of aliphatic hydroxyl groups is 1. The van der Waals surface area contributed by atoms with Crippen LogP contribution in [0, 0.1) is 5.92 Å². The fourth-order valence-electron chi connectivity index (χ4n) is 3.29. The lowest BCUT2D eigenvalue weighted by Crippen LogP contribution is -2.50. The average Bonchev–Trinajstić information content (AvgIpc) is 2.30. The number of hydrogen-bond acceptors (Lipinski definition) is 3. The van der Waals surface area contributed by atoms with Crippen LogP contribution in [0.4, 0.5) is 0 Å². The van der Waals surface area contributed by atoms with E-state index < -0.39 is 0 Å².